The Kier molecular flexibility index (Phi) is 5.59. The van der Waals surface area contributed by atoms with Gasteiger partial charge in [0.2, 0.25) is 0 Å². The van der Waals surface area contributed by atoms with Crippen LogP contribution >= 0.6 is 46.4 Å². The predicted molar refractivity (Wildman–Crippen MR) is 49.6 cm³/mol. The van der Waals surface area contributed by atoms with Crippen LogP contribution < -0.4 is 0 Å². The lowest BCUT2D eigenvalue weighted by atomic mass is 10.4. The van der Waals surface area contributed by atoms with Crippen molar-refractivity contribution in [3.05, 3.63) is 22.2 Å². The molecule has 2 nitrogen and oxygen atoms in total. The van der Waals surface area contributed by atoms with Crippen molar-refractivity contribution in [3.8, 4) is 0 Å². The fraction of sp³-hybridized carbons (Fsp3) is 0. The molecule has 12 heavy (non-hydrogen) atoms. The third-order valence-corrected chi connectivity index (χ3v) is 1.95. The Balaban J connectivity index is 4.48. The van der Waals surface area contributed by atoms with Gasteiger partial charge in [0.25, 0.3) is 10.5 Å². The van der Waals surface area contributed by atoms with Gasteiger partial charge in [0, 0.05) is 0 Å². The topological polar surface area (TPSA) is 34.1 Å². The van der Waals surface area contributed by atoms with Crippen LogP contribution in [-0.4, -0.2) is 10.5 Å². The van der Waals surface area contributed by atoms with E-state index in [9.17, 15) is 9.59 Å². The normalized spacial score (nSPS) is 13.0. The Morgan fingerprint density at radius 1 is 0.750 bits per heavy atom. The molecule has 0 fully saturated rings. The van der Waals surface area contributed by atoms with Gasteiger partial charge in [-0.05, 0) is 35.4 Å². The lowest BCUT2D eigenvalue weighted by molar-refractivity contribution is -0.108. The van der Waals surface area contributed by atoms with Gasteiger partial charge in [-0.3, -0.25) is 9.59 Å². The van der Waals surface area contributed by atoms with Crippen LogP contribution in [0.25, 0.3) is 0 Å². The Morgan fingerprint density at radius 3 is 1.17 bits per heavy atom. The average Bonchev–Trinajstić information content (AvgIpc) is 1.98. The van der Waals surface area contributed by atoms with Crippen molar-refractivity contribution in [2.24, 2.45) is 0 Å². The summed E-state index contributed by atoms with van der Waals surface area (Å²) in [6.07, 6.45) is 2.17. The number of carbonyl (C=O) groups is 2. The van der Waals surface area contributed by atoms with Crippen molar-refractivity contribution in [2.75, 3.05) is 0 Å². The van der Waals surface area contributed by atoms with E-state index in [0.717, 1.165) is 12.2 Å². The van der Waals surface area contributed by atoms with Crippen LogP contribution in [-0.2, 0) is 9.59 Å². The van der Waals surface area contributed by atoms with E-state index in [-0.39, 0.29) is 10.1 Å². The Bertz CT molecular complexity index is 239. The smallest absolute Gasteiger partial charge is 0.263 e. The van der Waals surface area contributed by atoms with Crippen molar-refractivity contribution in [2.45, 2.75) is 0 Å². The summed E-state index contributed by atoms with van der Waals surface area (Å²) in [5.41, 5.74) is 0. The zero-order valence-electron chi connectivity index (χ0n) is 5.48. The molecule has 0 radical (unpaired) electrons. The van der Waals surface area contributed by atoms with Gasteiger partial charge < -0.3 is 0 Å². The number of rotatable bonds is 3. The molecule has 0 aromatic rings. The highest BCUT2D eigenvalue weighted by molar-refractivity contribution is 6.75. The highest BCUT2D eigenvalue weighted by Gasteiger charge is 2.02. The summed E-state index contributed by atoms with van der Waals surface area (Å²) in [5, 5.41) is -2.15. The van der Waals surface area contributed by atoms with Gasteiger partial charge in [0.05, 0.1) is 0 Å². The van der Waals surface area contributed by atoms with Gasteiger partial charge in [0.1, 0.15) is 10.1 Å². The van der Waals surface area contributed by atoms with Gasteiger partial charge in [0.15, 0.2) is 0 Å². The van der Waals surface area contributed by atoms with Crippen molar-refractivity contribution < 1.29 is 9.59 Å². The molecule has 0 unspecified atom stereocenters. The van der Waals surface area contributed by atoms with E-state index >= 15 is 0 Å². The molecule has 6 heteroatoms. The highest BCUT2D eigenvalue weighted by atomic mass is 35.5. The van der Waals surface area contributed by atoms with Crippen molar-refractivity contribution in [1.82, 2.24) is 0 Å². The molecule has 0 atom stereocenters. The minimum Gasteiger partial charge on any atom is -0.275 e. The van der Waals surface area contributed by atoms with Crippen molar-refractivity contribution in [3.63, 3.8) is 0 Å². The molecule has 0 N–H and O–H groups in total. The first kappa shape index (κ1) is 12.0. The minimum absolute atomic E-state index is 0.243. The monoisotopic (exact) mass is 246 g/mol. The molecule has 0 rings (SSSR count). The molecular weight excluding hydrogens is 246 g/mol. The summed E-state index contributed by atoms with van der Waals surface area (Å²) >= 11 is 20.5. The summed E-state index contributed by atoms with van der Waals surface area (Å²) in [5.74, 6) is 0. The molecule has 0 aromatic carbocycles. The molecule has 0 aliphatic rings. The molecule has 0 aromatic heterocycles. The molecule has 0 spiro atoms. The maximum atomic E-state index is 10.3. The van der Waals surface area contributed by atoms with Crippen LogP contribution in [0.2, 0.25) is 0 Å². The molecule has 0 amide bonds. The van der Waals surface area contributed by atoms with Gasteiger partial charge in [-0.2, -0.15) is 0 Å². The van der Waals surface area contributed by atoms with E-state index in [1.54, 1.807) is 0 Å². The minimum atomic E-state index is -0.834. The van der Waals surface area contributed by atoms with Gasteiger partial charge in [-0.1, -0.05) is 23.2 Å². The second-order valence-corrected chi connectivity index (χ2v) is 3.08. The fourth-order valence-electron chi connectivity index (χ4n) is 0.277. The van der Waals surface area contributed by atoms with Crippen molar-refractivity contribution in [1.29, 1.82) is 0 Å². The second kappa shape index (κ2) is 5.60. The molecule has 66 valence electrons. The largest absolute Gasteiger partial charge is 0.275 e. The first-order valence-corrected chi connectivity index (χ1v) is 4.09. The lowest BCUT2D eigenvalue weighted by Gasteiger charge is -1.86. The van der Waals surface area contributed by atoms with Gasteiger partial charge >= 0.3 is 0 Å². The average molecular weight is 248 g/mol. The molecule has 0 bridgehead atoms. The van der Waals surface area contributed by atoms with Crippen LogP contribution in [0.4, 0.5) is 0 Å². The molecule has 0 aliphatic heterocycles. The summed E-state index contributed by atoms with van der Waals surface area (Å²) < 4.78 is 0. The van der Waals surface area contributed by atoms with Crippen LogP contribution in [0, 0.1) is 0 Å². The van der Waals surface area contributed by atoms with Crippen molar-refractivity contribution >= 4 is 56.9 Å². The van der Waals surface area contributed by atoms with E-state index in [0.29, 0.717) is 0 Å². The predicted octanol–water partition coefficient (Wildman–Crippen LogP) is 2.76. The molecular formula is C6H2Cl4O2. The standard InChI is InChI=1S/C6H2Cl4O2/c7-3(5(9)11)1-2-4(8)6(10)12/h1-2H. The third kappa shape index (κ3) is 4.78. The molecule has 0 saturated heterocycles. The Labute approximate surface area is 88.7 Å². The maximum absolute atomic E-state index is 10.3. The van der Waals surface area contributed by atoms with Crippen LogP contribution in [0.3, 0.4) is 0 Å². The van der Waals surface area contributed by atoms with E-state index < -0.39 is 10.5 Å². The first-order chi connectivity index (χ1) is 5.45. The molecule has 0 aliphatic carbocycles. The number of hydrogen-bond acceptors (Lipinski definition) is 2. The van der Waals surface area contributed by atoms with E-state index in [4.69, 9.17) is 46.4 Å². The third-order valence-electron chi connectivity index (χ3n) is 0.752. The number of allylic oxidation sites excluding steroid dienone is 4. The Morgan fingerprint density at radius 2 is 1.00 bits per heavy atom. The van der Waals surface area contributed by atoms with E-state index in [1.165, 1.54) is 0 Å². The SMILES string of the molecule is O=C(Cl)C(Cl)=CC=C(Cl)C(=O)Cl. The quantitative estimate of drug-likeness (QED) is 0.437. The first-order valence-electron chi connectivity index (χ1n) is 2.57. The molecule has 0 saturated carbocycles. The summed E-state index contributed by atoms with van der Waals surface area (Å²) in [6, 6.07) is 0. The zero-order valence-corrected chi connectivity index (χ0v) is 8.51. The van der Waals surface area contributed by atoms with Crippen LogP contribution in [0.15, 0.2) is 22.2 Å². The molecule has 0 heterocycles. The number of hydrogen-bond donors (Lipinski definition) is 0. The van der Waals surface area contributed by atoms with Crippen LogP contribution in [0.1, 0.15) is 0 Å². The lowest BCUT2D eigenvalue weighted by Crippen LogP contribution is -1.85. The second-order valence-electron chi connectivity index (χ2n) is 1.58. The van der Waals surface area contributed by atoms with Gasteiger partial charge in [-0.25, -0.2) is 0 Å². The fourth-order valence-corrected chi connectivity index (χ4v) is 0.529. The summed E-state index contributed by atoms with van der Waals surface area (Å²) in [6.45, 7) is 0. The summed E-state index contributed by atoms with van der Waals surface area (Å²) in [4.78, 5) is 20.6. The zero-order chi connectivity index (χ0) is 9.72. The maximum Gasteiger partial charge on any atom is 0.263 e. The Hall–Kier alpha value is -0.0200. The van der Waals surface area contributed by atoms with Gasteiger partial charge in [-0.15, -0.1) is 0 Å². The number of carbonyl (C=O) groups excluding carboxylic acids is 2. The highest BCUT2D eigenvalue weighted by Crippen LogP contribution is 2.10. The van der Waals surface area contributed by atoms with E-state index in [1.807, 2.05) is 0 Å². The van der Waals surface area contributed by atoms with Crippen LogP contribution in [0.5, 0.6) is 0 Å². The summed E-state index contributed by atoms with van der Waals surface area (Å²) in [7, 11) is 0. The van der Waals surface area contributed by atoms with E-state index in [2.05, 4.69) is 0 Å². The number of halogens is 4.